The van der Waals surface area contributed by atoms with Gasteiger partial charge < -0.3 is 0 Å². The Morgan fingerprint density at radius 1 is 1.35 bits per heavy atom. The highest BCUT2D eigenvalue weighted by Crippen LogP contribution is 2.25. The molecule has 20 heavy (non-hydrogen) atoms. The lowest BCUT2D eigenvalue weighted by molar-refractivity contribution is 0.532. The van der Waals surface area contributed by atoms with E-state index in [9.17, 15) is 4.39 Å². The minimum absolute atomic E-state index is 0.104. The molecule has 0 spiro atoms. The fourth-order valence-corrected chi connectivity index (χ4v) is 2.72. The summed E-state index contributed by atoms with van der Waals surface area (Å²) < 4.78 is 13.9. The second-order valence-corrected chi connectivity index (χ2v) is 5.41. The number of hydrazine groups is 1. The maximum atomic E-state index is 13.1. The highest BCUT2D eigenvalue weighted by Gasteiger charge is 2.16. The number of halogens is 2. The summed E-state index contributed by atoms with van der Waals surface area (Å²) in [4.78, 5) is 4.43. The number of nitrogens with zero attached hydrogens (tertiary/aromatic N) is 1. The van der Waals surface area contributed by atoms with Gasteiger partial charge in [-0.25, -0.2) is 4.39 Å². The molecule has 0 amide bonds. The van der Waals surface area contributed by atoms with Crippen LogP contribution in [0.2, 0.25) is 0 Å². The van der Waals surface area contributed by atoms with Crippen LogP contribution in [-0.2, 0) is 12.8 Å². The molecular weight excluding hydrogens is 321 g/mol. The molecule has 0 aliphatic carbocycles. The molecule has 0 saturated heterocycles. The summed E-state index contributed by atoms with van der Waals surface area (Å²) in [7, 11) is 0. The first kappa shape index (κ1) is 15.1. The molecule has 1 heterocycles. The monoisotopic (exact) mass is 337 g/mol. The number of aryl methyl sites for hydroxylation is 1. The van der Waals surface area contributed by atoms with Crippen molar-refractivity contribution < 1.29 is 4.39 Å². The highest BCUT2D eigenvalue weighted by atomic mass is 79.9. The molecule has 0 bridgehead atoms. The normalized spacial score (nSPS) is 12.4. The summed E-state index contributed by atoms with van der Waals surface area (Å²) in [5.74, 6) is 5.42. The van der Waals surface area contributed by atoms with Gasteiger partial charge in [-0.1, -0.05) is 35.0 Å². The van der Waals surface area contributed by atoms with Crippen molar-refractivity contribution in [3.8, 4) is 0 Å². The molecule has 0 radical (unpaired) electrons. The maximum absolute atomic E-state index is 13.1. The summed E-state index contributed by atoms with van der Waals surface area (Å²) in [5, 5.41) is 0. The predicted octanol–water partition coefficient (Wildman–Crippen LogP) is 3.29. The zero-order chi connectivity index (χ0) is 14.5. The van der Waals surface area contributed by atoms with Crippen LogP contribution in [0.1, 0.15) is 29.8 Å². The minimum Gasteiger partial charge on any atom is -0.271 e. The topological polar surface area (TPSA) is 50.9 Å². The Kier molecular flexibility index (Phi) is 5.23. The molecule has 2 aromatic rings. The van der Waals surface area contributed by atoms with Crippen LogP contribution in [0.3, 0.4) is 0 Å². The van der Waals surface area contributed by atoms with Crippen molar-refractivity contribution in [1.82, 2.24) is 10.4 Å². The lowest BCUT2D eigenvalue weighted by atomic mass is 9.99. The molecule has 0 aliphatic rings. The van der Waals surface area contributed by atoms with Crippen LogP contribution in [0.4, 0.5) is 4.39 Å². The van der Waals surface area contributed by atoms with E-state index in [0.29, 0.717) is 6.42 Å². The lowest BCUT2D eigenvalue weighted by Gasteiger charge is -2.19. The van der Waals surface area contributed by atoms with Gasteiger partial charge in [-0.2, -0.15) is 0 Å². The van der Waals surface area contributed by atoms with E-state index in [0.717, 1.165) is 27.7 Å². The van der Waals surface area contributed by atoms with Gasteiger partial charge >= 0.3 is 0 Å². The number of pyridine rings is 1. The first-order valence-corrected chi connectivity index (χ1v) is 7.28. The van der Waals surface area contributed by atoms with Crippen LogP contribution in [-0.4, -0.2) is 4.98 Å². The molecule has 5 heteroatoms. The Morgan fingerprint density at radius 3 is 2.80 bits per heavy atom. The largest absolute Gasteiger partial charge is 0.271 e. The van der Waals surface area contributed by atoms with E-state index < -0.39 is 0 Å². The first-order valence-electron chi connectivity index (χ1n) is 6.49. The van der Waals surface area contributed by atoms with E-state index in [1.807, 2.05) is 12.1 Å². The lowest BCUT2D eigenvalue weighted by Crippen LogP contribution is -2.31. The first-order chi connectivity index (χ1) is 9.65. The third kappa shape index (κ3) is 3.42. The fourth-order valence-electron chi connectivity index (χ4n) is 2.21. The van der Waals surface area contributed by atoms with Gasteiger partial charge in [0.25, 0.3) is 0 Å². The molecule has 1 aromatic carbocycles. The summed E-state index contributed by atoms with van der Waals surface area (Å²) in [5.41, 5.74) is 5.89. The number of hydrogen-bond acceptors (Lipinski definition) is 3. The predicted molar refractivity (Wildman–Crippen MR) is 81.5 cm³/mol. The smallest absolute Gasteiger partial charge is 0.124 e. The Labute approximate surface area is 126 Å². The summed E-state index contributed by atoms with van der Waals surface area (Å²) in [6, 6.07) is 8.54. The van der Waals surface area contributed by atoms with Crippen LogP contribution in [0.25, 0.3) is 0 Å². The molecule has 1 atom stereocenters. The zero-order valence-electron chi connectivity index (χ0n) is 11.2. The number of hydrogen-bond donors (Lipinski definition) is 2. The van der Waals surface area contributed by atoms with Crippen LogP contribution in [0.15, 0.2) is 41.0 Å². The van der Waals surface area contributed by atoms with Gasteiger partial charge in [0.1, 0.15) is 5.82 Å². The number of nitrogens with one attached hydrogen (secondary N) is 1. The van der Waals surface area contributed by atoms with Crippen LogP contribution in [0, 0.1) is 5.82 Å². The molecule has 0 saturated carbocycles. The molecule has 1 aromatic heterocycles. The van der Waals surface area contributed by atoms with E-state index in [1.165, 1.54) is 12.1 Å². The van der Waals surface area contributed by atoms with Gasteiger partial charge in [-0.3, -0.25) is 16.3 Å². The third-order valence-electron chi connectivity index (χ3n) is 3.28. The van der Waals surface area contributed by atoms with E-state index in [1.54, 1.807) is 12.3 Å². The molecule has 106 valence electrons. The van der Waals surface area contributed by atoms with Gasteiger partial charge in [0.2, 0.25) is 0 Å². The maximum Gasteiger partial charge on any atom is 0.124 e. The molecule has 2 rings (SSSR count). The zero-order valence-corrected chi connectivity index (χ0v) is 12.8. The summed E-state index contributed by atoms with van der Waals surface area (Å²) in [6.07, 6.45) is 3.30. The van der Waals surface area contributed by atoms with Crippen LogP contribution >= 0.6 is 15.9 Å². The van der Waals surface area contributed by atoms with Gasteiger partial charge in [0.05, 0.1) is 11.7 Å². The average molecular weight is 338 g/mol. The van der Waals surface area contributed by atoms with Crippen LogP contribution in [0.5, 0.6) is 0 Å². The Bertz CT molecular complexity index is 589. The Hall–Kier alpha value is -1.30. The molecule has 3 N–H and O–H groups in total. The van der Waals surface area contributed by atoms with Crippen molar-refractivity contribution in [2.75, 3.05) is 0 Å². The van der Waals surface area contributed by atoms with Crippen molar-refractivity contribution in [1.29, 1.82) is 0 Å². The Morgan fingerprint density at radius 2 is 2.15 bits per heavy atom. The summed E-state index contributed by atoms with van der Waals surface area (Å²) in [6.45, 7) is 2.09. The summed E-state index contributed by atoms with van der Waals surface area (Å²) >= 11 is 3.38. The second-order valence-electron chi connectivity index (χ2n) is 4.56. The number of aromatic nitrogens is 1. The molecule has 3 nitrogen and oxygen atoms in total. The van der Waals surface area contributed by atoms with Crippen molar-refractivity contribution in [3.63, 3.8) is 0 Å². The minimum atomic E-state index is -0.259. The third-order valence-corrected chi connectivity index (χ3v) is 4.02. The van der Waals surface area contributed by atoms with Crippen molar-refractivity contribution >= 4 is 15.9 Å². The van der Waals surface area contributed by atoms with Crippen molar-refractivity contribution in [2.45, 2.75) is 25.8 Å². The molecular formula is C15H17BrFN3. The van der Waals surface area contributed by atoms with Gasteiger partial charge in [0, 0.05) is 10.7 Å². The molecule has 0 aliphatic heterocycles. The van der Waals surface area contributed by atoms with Gasteiger partial charge in [-0.15, -0.1) is 0 Å². The van der Waals surface area contributed by atoms with E-state index in [-0.39, 0.29) is 11.9 Å². The number of rotatable bonds is 5. The Balaban J connectivity index is 2.29. The standard InChI is InChI=1S/C15H17BrFN3/c1-2-10-4-3-7-19-15(10)14(20-18)8-11-5-6-12(17)9-13(11)16/h3-7,9,14,20H,2,8,18H2,1H3. The van der Waals surface area contributed by atoms with E-state index in [2.05, 4.69) is 33.3 Å². The van der Waals surface area contributed by atoms with Crippen molar-refractivity contribution in [2.24, 2.45) is 5.84 Å². The molecule has 0 fully saturated rings. The second kappa shape index (κ2) is 6.92. The average Bonchev–Trinajstić information content (AvgIpc) is 2.46. The van der Waals surface area contributed by atoms with E-state index in [4.69, 9.17) is 5.84 Å². The highest BCUT2D eigenvalue weighted by molar-refractivity contribution is 9.10. The number of benzene rings is 1. The van der Waals surface area contributed by atoms with Gasteiger partial charge in [-0.05, 0) is 42.2 Å². The van der Waals surface area contributed by atoms with Crippen LogP contribution < -0.4 is 11.3 Å². The van der Waals surface area contributed by atoms with Crippen molar-refractivity contribution in [3.05, 3.63) is 63.6 Å². The van der Waals surface area contributed by atoms with Gasteiger partial charge in [0.15, 0.2) is 0 Å². The quantitative estimate of drug-likeness (QED) is 0.650. The fraction of sp³-hybridized carbons (Fsp3) is 0.267. The SMILES string of the molecule is CCc1cccnc1C(Cc1ccc(F)cc1Br)NN. The van der Waals surface area contributed by atoms with E-state index >= 15 is 0 Å². The molecule has 1 unspecified atom stereocenters. The number of nitrogens with two attached hydrogens (primary N) is 1.